The number of fused-ring (bicyclic) bond motifs is 1. The fourth-order valence-electron chi connectivity index (χ4n) is 2.57. The summed E-state index contributed by atoms with van der Waals surface area (Å²) in [5.41, 5.74) is 10.8. The van der Waals surface area contributed by atoms with E-state index in [-0.39, 0.29) is 6.04 Å². The molecule has 3 rings (SSSR count). The number of nitrogens with zero attached hydrogens (tertiary/aromatic N) is 2. The van der Waals surface area contributed by atoms with Crippen LogP contribution in [-0.2, 0) is 7.05 Å². The van der Waals surface area contributed by atoms with E-state index in [4.69, 9.17) is 5.73 Å². The monoisotopic (exact) mass is 251 g/mol. The van der Waals surface area contributed by atoms with Gasteiger partial charge in [-0.2, -0.15) is 0 Å². The first-order chi connectivity index (χ1) is 9.18. The van der Waals surface area contributed by atoms with Gasteiger partial charge in [-0.25, -0.2) is 4.98 Å². The summed E-state index contributed by atoms with van der Waals surface area (Å²) >= 11 is 0. The summed E-state index contributed by atoms with van der Waals surface area (Å²) < 4.78 is 2.10. The van der Waals surface area contributed by atoms with Crippen LogP contribution in [0.15, 0.2) is 48.5 Å². The Kier molecular flexibility index (Phi) is 2.84. The van der Waals surface area contributed by atoms with E-state index < -0.39 is 0 Å². The van der Waals surface area contributed by atoms with Crippen molar-refractivity contribution in [3.05, 3.63) is 65.5 Å². The average molecular weight is 251 g/mol. The number of imidazole rings is 1. The van der Waals surface area contributed by atoms with Gasteiger partial charge in [-0.1, -0.05) is 42.5 Å². The average Bonchev–Trinajstić information content (AvgIpc) is 2.78. The molecule has 0 aliphatic carbocycles. The Morgan fingerprint density at radius 1 is 1.05 bits per heavy atom. The van der Waals surface area contributed by atoms with Gasteiger partial charge in [-0.15, -0.1) is 0 Å². The molecule has 0 saturated heterocycles. The topological polar surface area (TPSA) is 43.8 Å². The second-order valence-electron chi connectivity index (χ2n) is 4.86. The van der Waals surface area contributed by atoms with Crippen molar-refractivity contribution in [1.29, 1.82) is 0 Å². The van der Waals surface area contributed by atoms with E-state index in [9.17, 15) is 0 Å². The molecule has 1 atom stereocenters. The van der Waals surface area contributed by atoms with E-state index in [2.05, 4.69) is 22.5 Å². The third kappa shape index (κ3) is 1.92. The van der Waals surface area contributed by atoms with E-state index in [1.165, 1.54) is 5.56 Å². The lowest BCUT2D eigenvalue weighted by molar-refractivity contribution is 0.728. The summed E-state index contributed by atoms with van der Waals surface area (Å²) in [4.78, 5) is 4.69. The van der Waals surface area contributed by atoms with Crippen molar-refractivity contribution in [2.24, 2.45) is 12.8 Å². The maximum atomic E-state index is 6.35. The molecular formula is C16H17N3. The zero-order valence-corrected chi connectivity index (χ0v) is 11.2. The molecule has 0 amide bonds. The highest BCUT2D eigenvalue weighted by molar-refractivity contribution is 5.79. The summed E-state index contributed by atoms with van der Waals surface area (Å²) in [6, 6.07) is 16.0. The fourth-order valence-corrected chi connectivity index (χ4v) is 2.57. The molecule has 2 N–H and O–H groups in total. The first kappa shape index (κ1) is 11.9. The van der Waals surface area contributed by atoms with Gasteiger partial charge in [0.15, 0.2) is 0 Å². The van der Waals surface area contributed by atoms with Crippen molar-refractivity contribution in [1.82, 2.24) is 9.55 Å². The number of hydrogen-bond donors (Lipinski definition) is 1. The predicted molar refractivity (Wildman–Crippen MR) is 77.9 cm³/mol. The number of benzene rings is 2. The number of nitrogens with two attached hydrogens (primary N) is 1. The van der Waals surface area contributed by atoms with Gasteiger partial charge in [0.05, 0.1) is 17.1 Å². The lowest BCUT2D eigenvalue weighted by atomic mass is 10.1. The molecule has 1 unspecified atom stereocenters. The van der Waals surface area contributed by atoms with Gasteiger partial charge in [0.25, 0.3) is 0 Å². The number of aryl methyl sites for hydroxylation is 2. The van der Waals surface area contributed by atoms with Crippen molar-refractivity contribution in [3.8, 4) is 0 Å². The predicted octanol–water partition coefficient (Wildman–Crippen LogP) is 2.93. The van der Waals surface area contributed by atoms with Crippen LogP contribution in [-0.4, -0.2) is 9.55 Å². The van der Waals surface area contributed by atoms with Crippen molar-refractivity contribution in [2.75, 3.05) is 0 Å². The van der Waals surface area contributed by atoms with E-state index in [1.54, 1.807) is 0 Å². The van der Waals surface area contributed by atoms with E-state index in [0.29, 0.717) is 0 Å². The molecule has 96 valence electrons. The molecule has 3 heteroatoms. The van der Waals surface area contributed by atoms with Crippen LogP contribution in [0.2, 0.25) is 0 Å². The Morgan fingerprint density at radius 2 is 1.79 bits per heavy atom. The number of para-hydroxylation sites is 1. The van der Waals surface area contributed by atoms with Crippen LogP contribution < -0.4 is 5.73 Å². The summed E-state index contributed by atoms with van der Waals surface area (Å²) in [7, 11) is 2.03. The number of rotatable bonds is 2. The standard InChI is InChI=1S/C16H17N3/c1-11-7-6-10-13-15(11)19(2)16(18-13)14(17)12-8-4-3-5-9-12/h3-10,14H,17H2,1-2H3. The maximum absolute atomic E-state index is 6.35. The normalized spacial score (nSPS) is 12.8. The molecule has 3 aromatic rings. The second-order valence-corrected chi connectivity index (χ2v) is 4.86. The highest BCUT2D eigenvalue weighted by atomic mass is 15.1. The third-order valence-corrected chi connectivity index (χ3v) is 3.57. The van der Waals surface area contributed by atoms with Crippen molar-refractivity contribution >= 4 is 11.0 Å². The molecular weight excluding hydrogens is 234 g/mol. The van der Waals surface area contributed by atoms with Gasteiger partial charge in [-0.05, 0) is 24.1 Å². The molecule has 1 aromatic heterocycles. The van der Waals surface area contributed by atoms with Crippen LogP contribution in [0.4, 0.5) is 0 Å². The SMILES string of the molecule is Cc1cccc2nc(C(N)c3ccccc3)n(C)c12. The molecule has 0 aliphatic rings. The molecule has 1 heterocycles. The molecule has 0 fully saturated rings. The van der Waals surface area contributed by atoms with Crippen LogP contribution in [0.1, 0.15) is 23.0 Å². The summed E-state index contributed by atoms with van der Waals surface area (Å²) in [5.74, 6) is 0.899. The van der Waals surface area contributed by atoms with Crippen molar-refractivity contribution in [2.45, 2.75) is 13.0 Å². The molecule has 0 spiro atoms. The minimum absolute atomic E-state index is 0.196. The molecule has 2 aromatic carbocycles. The van der Waals surface area contributed by atoms with Gasteiger partial charge >= 0.3 is 0 Å². The van der Waals surface area contributed by atoms with Crippen LogP contribution >= 0.6 is 0 Å². The Balaban J connectivity index is 2.16. The van der Waals surface area contributed by atoms with Crippen LogP contribution in [0.3, 0.4) is 0 Å². The molecule has 0 radical (unpaired) electrons. The molecule has 0 bridgehead atoms. The maximum Gasteiger partial charge on any atom is 0.131 e. The summed E-state index contributed by atoms with van der Waals surface area (Å²) in [6.45, 7) is 2.10. The smallest absolute Gasteiger partial charge is 0.131 e. The van der Waals surface area contributed by atoms with Gasteiger partial charge in [0.1, 0.15) is 5.82 Å². The Bertz CT molecular complexity index is 713. The first-order valence-electron chi connectivity index (χ1n) is 6.41. The minimum Gasteiger partial charge on any atom is -0.329 e. The van der Waals surface area contributed by atoms with E-state index >= 15 is 0 Å². The lowest BCUT2D eigenvalue weighted by Crippen LogP contribution is -2.16. The van der Waals surface area contributed by atoms with Gasteiger partial charge in [0.2, 0.25) is 0 Å². The van der Waals surface area contributed by atoms with Gasteiger partial charge in [-0.3, -0.25) is 0 Å². The largest absolute Gasteiger partial charge is 0.329 e. The fraction of sp³-hybridized carbons (Fsp3) is 0.188. The van der Waals surface area contributed by atoms with Gasteiger partial charge in [0, 0.05) is 7.05 Å². The minimum atomic E-state index is -0.196. The van der Waals surface area contributed by atoms with E-state index in [0.717, 1.165) is 22.4 Å². The van der Waals surface area contributed by atoms with Gasteiger partial charge < -0.3 is 10.3 Å². The molecule has 19 heavy (non-hydrogen) atoms. The zero-order chi connectivity index (χ0) is 13.4. The van der Waals surface area contributed by atoms with Crippen LogP contribution in [0, 0.1) is 6.92 Å². The number of hydrogen-bond acceptors (Lipinski definition) is 2. The molecule has 3 nitrogen and oxygen atoms in total. The molecule has 0 saturated carbocycles. The van der Waals surface area contributed by atoms with Crippen molar-refractivity contribution < 1.29 is 0 Å². The highest BCUT2D eigenvalue weighted by Gasteiger charge is 2.17. The van der Waals surface area contributed by atoms with Crippen LogP contribution in [0.5, 0.6) is 0 Å². The zero-order valence-electron chi connectivity index (χ0n) is 11.2. The van der Waals surface area contributed by atoms with Crippen molar-refractivity contribution in [3.63, 3.8) is 0 Å². The first-order valence-corrected chi connectivity index (χ1v) is 6.41. The second kappa shape index (κ2) is 4.52. The van der Waals surface area contributed by atoms with E-state index in [1.807, 2.05) is 49.5 Å². The quantitative estimate of drug-likeness (QED) is 0.761. The third-order valence-electron chi connectivity index (χ3n) is 3.57. The summed E-state index contributed by atoms with van der Waals surface area (Å²) in [5, 5.41) is 0. The Morgan fingerprint density at radius 3 is 2.47 bits per heavy atom. The Labute approximate surface area is 112 Å². The van der Waals surface area contributed by atoms with Crippen LogP contribution in [0.25, 0.3) is 11.0 Å². The Hall–Kier alpha value is -2.13. The highest BCUT2D eigenvalue weighted by Crippen LogP contribution is 2.24. The summed E-state index contributed by atoms with van der Waals surface area (Å²) in [6.07, 6.45) is 0. The molecule has 0 aliphatic heterocycles. The lowest BCUT2D eigenvalue weighted by Gasteiger charge is -2.12. The number of aromatic nitrogens is 2.